The Balaban J connectivity index is 1.54. The van der Waals surface area contributed by atoms with Crippen LogP contribution in [0.15, 0.2) is 48.5 Å². The van der Waals surface area contributed by atoms with E-state index < -0.39 is 5.97 Å². The molecular formula is C20H20O3. The molecule has 1 spiro atoms. The first-order chi connectivity index (χ1) is 11.2. The molecule has 2 unspecified atom stereocenters. The van der Waals surface area contributed by atoms with Crippen LogP contribution >= 0.6 is 0 Å². The van der Waals surface area contributed by atoms with Gasteiger partial charge < -0.3 is 9.84 Å². The van der Waals surface area contributed by atoms with E-state index in [0.717, 1.165) is 37.0 Å². The third kappa shape index (κ3) is 2.50. The topological polar surface area (TPSA) is 46.5 Å². The van der Waals surface area contributed by atoms with Gasteiger partial charge in [-0.15, -0.1) is 0 Å². The Bertz CT molecular complexity index is 738. The molecule has 1 saturated carbocycles. The van der Waals surface area contributed by atoms with Gasteiger partial charge in [0.2, 0.25) is 0 Å². The van der Waals surface area contributed by atoms with Gasteiger partial charge >= 0.3 is 5.97 Å². The van der Waals surface area contributed by atoms with E-state index in [1.54, 1.807) is 0 Å². The predicted molar refractivity (Wildman–Crippen MR) is 87.6 cm³/mol. The zero-order valence-electron chi connectivity index (χ0n) is 13.0. The molecule has 1 fully saturated rings. The van der Waals surface area contributed by atoms with Crippen molar-refractivity contribution in [3.05, 3.63) is 65.2 Å². The normalized spacial score (nSPS) is 25.0. The molecule has 0 amide bonds. The van der Waals surface area contributed by atoms with Gasteiger partial charge in [-0.05, 0) is 54.5 Å². The Labute approximate surface area is 135 Å². The molecule has 2 aliphatic rings. The molecule has 0 radical (unpaired) electrons. The van der Waals surface area contributed by atoms with Crippen LogP contribution in [0.2, 0.25) is 0 Å². The summed E-state index contributed by atoms with van der Waals surface area (Å²) in [5.74, 6) is 0.0251. The fraction of sp³-hybridized carbons (Fsp3) is 0.350. The van der Waals surface area contributed by atoms with E-state index in [1.165, 1.54) is 11.1 Å². The Morgan fingerprint density at radius 3 is 2.78 bits per heavy atom. The quantitative estimate of drug-likeness (QED) is 0.930. The summed E-state index contributed by atoms with van der Waals surface area (Å²) in [5.41, 5.74) is 3.56. The maximum absolute atomic E-state index is 11.3. The second kappa shape index (κ2) is 5.41. The average molecular weight is 308 g/mol. The van der Waals surface area contributed by atoms with Crippen LogP contribution in [0.5, 0.6) is 5.75 Å². The van der Waals surface area contributed by atoms with E-state index in [9.17, 15) is 9.90 Å². The van der Waals surface area contributed by atoms with Gasteiger partial charge in [-0.2, -0.15) is 0 Å². The molecule has 23 heavy (non-hydrogen) atoms. The Morgan fingerprint density at radius 2 is 2.04 bits per heavy atom. The molecule has 0 heterocycles. The first-order valence-corrected chi connectivity index (χ1v) is 8.22. The lowest BCUT2D eigenvalue weighted by Crippen LogP contribution is -2.21. The van der Waals surface area contributed by atoms with Gasteiger partial charge in [0, 0.05) is 5.41 Å². The predicted octanol–water partition coefficient (Wildman–Crippen LogP) is 3.94. The molecule has 4 rings (SSSR count). The average Bonchev–Trinajstić information content (AvgIpc) is 3.29. The smallest absolute Gasteiger partial charge is 0.307 e. The third-order valence-electron chi connectivity index (χ3n) is 5.30. The molecule has 0 bridgehead atoms. The lowest BCUT2D eigenvalue weighted by molar-refractivity contribution is -0.139. The van der Waals surface area contributed by atoms with E-state index in [1.807, 2.05) is 24.3 Å². The molecule has 2 aromatic carbocycles. The van der Waals surface area contributed by atoms with Gasteiger partial charge in [0.05, 0.1) is 5.92 Å². The fourth-order valence-corrected chi connectivity index (χ4v) is 4.03. The summed E-state index contributed by atoms with van der Waals surface area (Å²) >= 11 is 0. The van der Waals surface area contributed by atoms with Crippen molar-refractivity contribution in [3.8, 4) is 5.75 Å². The number of carbonyl (C=O) groups is 1. The minimum atomic E-state index is -0.651. The standard InChI is InChI=1S/C20H20O3/c21-19(22)18-12-20(18)10-4-7-15-11-16(8-9-17(15)20)23-13-14-5-2-1-3-6-14/h1-3,5-6,8-9,11,18H,4,7,10,12-13H2,(H,21,22). The largest absolute Gasteiger partial charge is 0.489 e. The molecule has 0 aromatic heterocycles. The van der Waals surface area contributed by atoms with E-state index in [-0.39, 0.29) is 11.3 Å². The maximum Gasteiger partial charge on any atom is 0.307 e. The number of benzene rings is 2. The van der Waals surface area contributed by atoms with Crippen molar-refractivity contribution in [1.82, 2.24) is 0 Å². The molecule has 3 heteroatoms. The van der Waals surface area contributed by atoms with Gasteiger partial charge in [-0.3, -0.25) is 4.79 Å². The van der Waals surface area contributed by atoms with E-state index in [2.05, 4.69) is 24.3 Å². The van der Waals surface area contributed by atoms with E-state index >= 15 is 0 Å². The number of aryl methyl sites for hydroxylation is 1. The zero-order chi connectivity index (χ0) is 15.9. The number of fused-ring (bicyclic) bond motifs is 2. The van der Waals surface area contributed by atoms with Crippen LogP contribution in [0.25, 0.3) is 0 Å². The van der Waals surface area contributed by atoms with E-state index in [0.29, 0.717) is 6.61 Å². The molecule has 2 aliphatic carbocycles. The second-order valence-corrected chi connectivity index (χ2v) is 6.70. The number of ether oxygens (including phenoxy) is 1. The van der Waals surface area contributed by atoms with Gasteiger partial charge in [0.15, 0.2) is 0 Å². The number of carboxylic acids is 1. The summed E-state index contributed by atoms with van der Waals surface area (Å²) in [6.45, 7) is 0.558. The van der Waals surface area contributed by atoms with Crippen molar-refractivity contribution in [1.29, 1.82) is 0 Å². The van der Waals surface area contributed by atoms with Crippen LogP contribution in [0.4, 0.5) is 0 Å². The number of hydrogen-bond donors (Lipinski definition) is 1. The molecule has 0 saturated heterocycles. The fourth-order valence-electron chi connectivity index (χ4n) is 4.03. The van der Waals surface area contributed by atoms with Gasteiger partial charge in [-0.1, -0.05) is 36.4 Å². The van der Waals surface area contributed by atoms with Crippen LogP contribution in [0.1, 0.15) is 36.0 Å². The van der Waals surface area contributed by atoms with E-state index in [4.69, 9.17) is 4.74 Å². The minimum Gasteiger partial charge on any atom is -0.489 e. The molecule has 118 valence electrons. The summed E-state index contributed by atoms with van der Waals surface area (Å²) in [4.78, 5) is 11.3. The van der Waals surface area contributed by atoms with Gasteiger partial charge in [-0.25, -0.2) is 0 Å². The highest BCUT2D eigenvalue weighted by molar-refractivity contribution is 5.77. The van der Waals surface area contributed by atoms with Crippen LogP contribution < -0.4 is 4.74 Å². The molecule has 2 atom stereocenters. The highest BCUT2D eigenvalue weighted by Gasteiger charge is 2.60. The molecular weight excluding hydrogens is 288 g/mol. The molecule has 2 aromatic rings. The summed E-state index contributed by atoms with van der Waals surface area (Å²) in [7, 11) is 0. The maximum atomic E-state index is 11.3. The van der Waals surface area contributed by atoms with Crippen LogP contribution in [-0.4, -0.2) is 11.1 Å². The monoisotopic (exact) mass is 308 g/mol. The van der Waals surface area contributed by atoms with Gasteiger partial charge in [0.1, 0.15) is 12.4 Å². The van der Waals surface area contributed by atoms with Crippen molar-refractivity contribution in [3.63, 3.8) is 0 Å². The molecule has 1 N–H and O–H groups in total. The number of aliphatic carboxylic acids is 1. The van der Waals surface area contributed by atoms with Crippen molar-refractivity contribution >= 4 is 5.97 Å². The van der Waals surface area contributed by atoms with Gasteiger partial charge in [0.25, 0.3) is 0 Å². The van der Waals surface area contributed by atoms with Crippen molar-refractivity contribution in [2.75, 3.05) is 0 Å². The Morgan fingerprint density at radius 1 is 1.22 bits per heavy atom. The second-order valence-electron chi connectivity index (χ2n) is 6.70. The zero-order valence-corrected chi connectivity index (χ0v) is 13.0. The summed E-state index contributed by atoms with van der Waals surface area (Å²) < 4.78 is 5.90. The Kier molecular flexibility index (Phi) is 3.37. The van der Waals surface area contributed by atoms with Crippen LogP contribution in [0.3, 0.4) is 0 Å². The van der Waals surface area contributed by atoms with Crippen molar-refractivity contribution in [2.45, 2.75) is 37.7 Å². The van der Waals surface area contributed by atoms with Crippen LogP contribution in [0, 0.1) is 5.92 Å². The SMILES string of the molecule is O=C(O)C1CC12CCCc1cc(OCc3ccccc3)ccc12. The lowest BCUT2D eigenvalue weighted by atomic mass is 9.78. The highest BCUT2D eigenvalue weighted by atomic mass is 16.5. The first-order valence-electron chi connectivity index (χ1n) is 8.22. The van der Waals surface area contributed by atoms with Crippen molar-refractivity contribution in [2.24, 2.45) is 5.92 Å². The third-order valence-corrected chi connectivity index (χ3v) is 5.30. The summed E-state index contributed by atoms with van der Waals surface area (Å²) in [6, 6.07) is 16.3. The number of carboxylic acid groups (broad SMARTS) is 1. The number of hydrogen-bond acceptors (Lipinski definition) is 2. The summed E-state index contributed by atoms with van der Waals surface area (Å²) in [6.07, 6.45) is 3.88. The lowest BCUT2D eigenvalue weighted by Gasteiger charge is -2.26. The molecule has 3 nitrogen and oxygen atoms in total. The number of rotatable bonds is 4. The first kappa shape index (κ1) is 14.3. The van der Waals surface area contributed by atoms with Crippen LogP contribution in [-0.2, 0) is 23.2 Å². The Hall–Kier alpha value is -2.29. The minimum absolute atomic E-state index is 0.0998. The summed E-state index contributed by atoms with van der Waals surface area (Å²) in [5, 5.41) is 9.34. The van der Waals surface area contributed by atoms with Crippen molar-refractivity contribution < 1.29 is 14.6 Å². The highest BCUT2D eigenvalue weighted by Crippen LogP contribution is 2.60. The molecule has 0 aliphatic heterocycles.